The molecule has 17 heavy (non-hydrogen) atoms. The van der Waals surface area contributed by atoms with Gasteiger partial charge in [0.25, 0.3) is 0 Å². The molecule has 0 saturated carbocycles. The monoisotopic (exact) mass is 241 g/mol. The van der Waals surface area contributed by atoms with Crippen molar-refractivity contribution in [3.8, 4) is 5.75 Å². The smallest absolute Gasteiger partial charge is 0.387 e. The lowest BCUT2D eigenvalue weighted by molar-refractivity contribution is -0.119. The molecule has 0 atom stereocenters. The lowest BCUT2D eigenvalue weighted by Gasteiger charge is -2.28. The minimum atomic E-state index is -2.81. The van der Waals surface area contributed by atoms with E-state index in [0.29, 0.717) is 25.9 Å². The van der Waals surface area contributed by atoms with Crippen LogP contribution in [-0.2, 0) is 4.79 Å². The first-order valence-electron chi connectivity index (χ1n) is 5.46. The highest BCUT2D eigenvalue weighted by Gasteiger charge is 2.17. The molecule has 1 aliphatic heterocycles. The lowest BCUT2D eigenvalue weighted by Crippen LogP contribution is -2.33. The second kappa shape index (κ2) is 5.12. The van der Waals surface area contributed by atoms with Crippen molar-refractivity contribution in [1.82, 2.24) is 0 Å². The topological polar surface area (TPSA) is 29.5 Å². The summed E-state index contributed by atoms with van der Waals surface area (Å²) in [5.74, 6) is 0.399. The first-order valence-corrected chi connectivity index (χ1v) is 5.46. The van der Waals surface area contributed by atoms with E-state index in [2.05, 4.69) is 4.74 Å². The van der Waals surface area contributed by atoms with Crippen molar-refractivity contribution in [3.05, 3.63) is 24.3 Å². The molecular formula is C12H13F2NO2. The number of ketones is 1. The fourth-order valence-electron chi connectivity index (χ4n) is 1.87. The minimum Gasteiger partial charge on any atom is -0.435 e. The minimum absolute atomic E-state index is 0.148. The Bertz CT molecular complexity index is 399. The van der Waals surface area contributed by atoms with E-state index in [1.807, 2.05) is 11.0 Å². The standard InChI is InChI=1S/C12H13F2NO2/c13-12(14)17-11-3-1-2-9(8-11)15-6-4-10(16)5-7-15/h1-3,8,12H,4-7H2. The Kier molecular flexibility index (Phi) is 3.56. The molecule has 0 amide bonds. The average molecular weight is 241 g/mol. The highest BCUT2D eigenvalue weighted by molar-refractivity contribution is 5.81. The number of hydrogen-bond acceptors (Lipinski definition) is 3. The van der Waals surface area contributed by atoms with Crippen LogP contribution in [0.4, 0.5) is 14.5 Å². The molecule has 1 heterocycles. The van der Waals surface area contributed by atoms with Crippen LogP contribution in [0.2, 0.25) is 0 Å². The third kappa shape index (κ3) is 3.15. The summed E-state index contributed by atoms with van der Waals surface area (Å²) in [6.45, 7) is -1.54. The van der Waals surface area contributed by atoms with Gasteiger partial charge in [-0.3, -0.25) is 4.79 Å². The molecule has 0 bridgehead atoms. The number of carbonyl (C=O) groups is 1. The molecule has 1 fully saturated rings. The third-order valence-corrected chi connectivity index (χ3v) is 2.73. The Morgan fingerprint density at radius 3 is 2.59 bits per heavy atom. The van der Waals surface area contributed by atoms with Crippen molar-refractivity contribution in [2.24, 2.45) is 0 Å². The van der Waals surface area contributed by atoms with Crippen LogP contribution in [0.3, 0.4) is 0 Å². The molecule has 5 heteroatoms. The molecule has 0 aliphatic carbocycles. The third-order valence-electron chi connectivity index (χ3n) is 2.73. The number of halogens is 2. The number of anilines is 1. The highest BCUT2D eigenvalue weighted by atomic mass is 19.3. The van der Waals surface area contributed by atoms with E-state index in [9.17, 15) is 13.6 Å². The first-order chi connectivity index (χ1) is 8.15. The Hall–Kier alpha value is -1.65. The molecule has 0 spiro atoms. The summed E-state index contributed by atoms with van der Waals surface area (Å²) in [5.41, 5.74) is 0.815. The summed E-state index contributed by atoms with van der Waals surface area (Å²) < 4.78 is 28.5. The lowest BCUT2D eigenvalue weighted by atomic mass is 10.1. The van der Waals surface area contributed by atoms with Crippen molar-refractivity contribution >= 4 is 11.5 Å². The zero-order chi connectivity index (χ0) is 12.3. The predicted molar refractivity (Wildman–Crippen MR) is 59.5 cm³/mol. The Labute approximate surface area is 98.0 Å². The zero-order valence-corrected chi connectivity index (χ0v) is 9.23. The Balaban J connectivity index is 2.07. The van der Waals surface area contributed by atoms with Gasteiger partial charge in [0.1, 0.15) is 11.5 Å². The molecule has 1 aromatic carbocycles. The predicted octanol–water partition coefficient (Wildman–Crippen LogP) is 2.46. The number of hydrogen-bond donors (Lipinski definition) is 0. The number of piperidine rings is 1. The average Bonchev–Trinajstić information content (AvgIpc) is 2.29. The van der Waals surface area contributed by atoms with E-state index >= 15 is 0 Å². The molecular weight excluding hydrogens is 228 g/mol. The molecule has 0 aromatic heterocycles. The number of Topliss-reactive ketones (excluding diaryl/α,β-unsaturated/α-hetero) is 1. The van der Waals surface area contributed by atoms with E-state index < -0.39 is 6.61 Å². The molecule has 0 radical (unpaired) electrons. The van der Waals surface area contributed by atoms with E-state index in [-0.39, 0.29) is 11.5 Å². The molecule has 1 saturated heterocycles. The van der Waals surface area contributed by atoms with Gasteiger partial charge in [-0.25, -0.2) is 0 Å². The Morgan fingerprint density at radius 2 is 1.94 bits per heavy atom. The van der Waals surface area contributed by atoms with Gasteiger partial charge < -0.3 is 9.64 Å². The van der Waals surface area contributed by atoms with Crippen LogP contribution in [-0.4, -0.2) is 25.5 Å². The summed E-state index contributed by atoms with van der Waals surface area (Å²) in [7, 11) is 0. The van der Waals surface area contributed by atoms with E-state index in [1.165, 1.54) is 6.07 Å². The molecule has 2 rings (SSSR count). The van der Waals surface area contributed by atoms with Gasteiger partial charge in [-0.05, 0) is 12.1 Å². The van der Waals surface area contributed by atoms with Crippen molar-refractivity contribution in [3.63, 3.8) is 0 Å². The van der Waals surface area contributed by atoms with Crippen LogP contribution in [0.25, 0.3) is 0 Å². The largest absolute Gasteiger partial charge is 0.435 e. The fraction of sp³-hybridized carbons (Fsp3) is 0.417. The van der Waals surface area contributed by atoms with Gasteiger partial charge in [0.2, 0.25) is 0 Å². The summed E-state index contributed by atoms with van der Waals surface area (Å²) in [4.78, 5) is 13.1. The number of carbonyl (C=O) groups excluding carboxylic acids is 1. The normalized spacial score (nSPS) is 16.4. The highest BCUT2D eigenvalue weighted by Crippen LogP contribution is 2.24. The molecule has 3 nitrogen and oxygen atoms in total. The van der Waals surface area contributed by atoms with Crippen LogP contribution < -0.4 is 9.64 Å². The van der Waals surface area contributed by atoms with Gasteiger partial charge in [-0.2, -0.15) is 8.78 Å². The van der Waals surface area contributed by atoms with Gasteiger partial charge in [0.05, 0.1) is 0 Å². The summed E-state index contributed by atoms with van der Waals surface area (Å²) in [6.07, 6.45) is 1.03. The van der Waals surface area contributed by atoms with Crippen LogP contribution in [0.1, 0.15) is 12.8 Å². The van der Waals surface area contributed by atoms with E-state index in [4.69, 9.17) is 0 Å². The number of rotatable bonds is 3. The van der Waals surface area contributed by atoms with Gasteiger partial charge >= 0.3 is 6.61 Å². The van der Waals surface area contributed by atoms with Crippen molar-refractivity contribution in [1.29, 1.82) is 0 Å². The molecule has 1 aliphatic rings. The van der Waals surface area contributed by atoms with Crippen LogP contribution in [0.15, 0.2) is 24.3 Å². The van der Waals surface area contributed by atoms with Gasteiger partial charge in [-0.15, -0.1) is 0 Å². The summed E-state index contributed by atoms with van der Waals surface area (Å²) in [6, 6.07) is 6.56. The molecule has 0 N–H and O–H groups in total. The van der Waals surface area contributed by atoms with Gasteiger partial charge in [0.15, 0.2) is 0 Å². The van der Waals surface area contributed by atoms with E-state index in [0.717, 1.165) is 5.69 Å². The molecule has 92 valence electrons. The van der Waals surface area contributed by atoms with Crippen molar-refractivity contribution < 1.29 is 18.3 Å². The number of nitrogens with zero attached hydrogens (tertiary/aromatic N) is 1. The fourth-order valence-corrected chi connectivity index (χ4v) is 1.87. The van der Waals surface area contributed by atoms with E-state index in [1.54, 1.807) is 12.1 Å². The van der Waals surface area contributed by atoms with Crippen LogP contribution >= 0.6 is 0 Å². The van der Waals surface area contributed by atoms with Crippen LogP contribution in [0.5, 0.6) is 5.75 Å². The quantitative estimate of drug-likeness (QED) is 0.814. The van der Waals surface area contributed by atoms with Crippen molar-refractivity contribution in [2.45, 2.75) is 19.5 Å². The molecule has 1 aromatic rings. The number of benzene rings is 1. The van der Waals surface area contributed by atoms with Gasteiger partial charge in [0, 0.05) is 37.7 Å². The zero-order valence-electron chi connectivity index (χ0n) is 9.23. The maximum absolute atomic E-state index is 12.1. The maximum atomic E-state index is 12.1. The second-order valence-corrected chi connectivity index (χ2v) is 3.90. The number of ether oxygens (including phenoxy) is 1. The van der Waals surface area contributed by atoms with Gasteiger partial charge in [-0.1, -0.05) is 6.07 Å². The SMILES string of the molecule is O=C1CCN(c2cccc(OC(F)F)c2)CC1. The first kappa shape index (κ1) is 11.8. The molecule has 0 unspecified atom stereocenters. The maximum Gasteiger partial charge on any atom is 0.387 e. The number of alkyl halides is 2. The Morgan fingerprint density at radius 1 is 1.24 bits per heavy atom. The van der Waals surface area contributed by atoms with Crippen molar-refractivity contribution in [2.75, 3.05) is 18.0 Å². The summed E-state index contributed by atoms with van der Waals surface area (Å²) in [5, 5.41) is 0. The second-order valence-electron chi connectivity index (χ2n) is 3.90. The van der Waals surface area contributed by atoms with Crippen LogP contribution in [0, 0.1) is 0 Å². The summed E-state index contributed by atoms with van der Waals surface area (Å²) >= 11 is 0.